The van der Waals surface area contributed by atoms with Gasteiger partial charge in [0, 0.05) is 32.7 Å². The van der Waals surface area contributed by atoms with E-state index in [1.165, 1.54) is 19.1 Å². The van der Waals surface area contributed by atoms with Crippen LogP contribution in [0.1, 0.15) is 42.6 Å². The maximum absolute atomic E-state index is 12.8. The Hall–Kier alpha value is -1.45. The number of hydrogen-bond acceptors (Lipinski definition) is 5. The molecule has 3 rings (SSSR count). The molecule has 9 heteroatoms. The van der Waals surface area contributed by atoms with Crippen molar-refractivity contribution >= 4 is 15.9 Å². The van der Waals surface area contributed by atoms with Crippen LogP contribution in [-0.4, -0.2) is 89.5 Å². The number of amides is 1. The van der Waals surface area contributed by atoms with Crippen LogP contribution in [0, 0.1) is 0 Å². The Kier molecular flexibility index (Phi) is 6.54. The summed E-state index contributed by atoms with van der Waals surface area (Å²) in [4.78, 5) is 21.0. The zero-order valence-corrected chi connectivity index (χ0v) is 17.2. The number of aryl methyl sites for hydroxylation is 1. The monoisotopic (exact) mass is 397 g/mol. The van der Waals surface area contributed by atoms with E-state index in [1.54, 1.807) is 33.3 Å². The molecule has 0 bridgehead atoms. The van der Waals surface area contributed by atoms with Gasteiger partial charge in [-0.05, 0) is 51.7 Å². The van der Waals surface area contributed by atoms with Gasteiger partial charge in [-0.15, -0.1) is 0 Å². The van der Waals surface area contributed by atoms with Crippen molar-refractivity contribution in [3.05, 3.63) is 18.2 Å². The number of imidazole rings is 1. The lowest BCUT2D eigenvalue weighted by molar-refractivity contribution is 0.0643. The van der Waals surface area contributed by atoms with Crippen molar-refractivity contribution in [1.82, 2.24) is 23.7 Å². The number of carbonyl (C=O) groups is 1. The number of carbonyl (C=O) groups excluding carboxylic acids is 1. The third-order valence-electron chi connectivity index (χ3n) is 5.60. The molecule has 0 N–H and O–H groups in total. The number of nitrogens with zero attached hydrogens (tertiary/aromatic N) is 5. The first-order valence-corrected chi connectivity index (χ1v) is 11.7. The molecule has 2 aliphatic rings. The Labute approximate surface area is 162 Å². The van der Waals surface area contributed by atoms with Crippen molar-refractivity contribution in [1.29, 1.82) is 0 Å². The Morgan fingerprint density at radius 2 is 2.00 bits per heavy atom. The number of hydrogen-bond donors (Lipinski definition) is 0. The molecule has 0 radical (unpaired) electrons. The van der Waals surface area contributed by atoms with Crippen molar-refractivity contribution < 1.29 is 13.2 Å². The molecular weight excluding hydrogens is 366 g/mol. The average Bonchev–Trinajstić information content (AvgIpc) is 3.28. The van der Waals surface area contributed by atoms with Gasteiger partial charge in [0.25, 0.3) is 5.91 Å². The fourth-order valence-electron chi connectivity index (χ4n) is 4.18. The van der Waals surface area contributed by atoms with Crippen LogP contribution in [-0.2, 0) is 17.1 Å². The van der Waals surface area contributed by atoms with Crippen molar-refractivity contribution in [2.75, 3.05) is 45.5 Å². The van der Waals surface area contributed by atoms with E-state index < -0.39 is 10.0 Å². The van der Waals surface area contributed by atoms with Gasteiger partial charge in [-0.3, -0.25) is 4.79 Å². The highest BCUT2D eigenvalue weighted by Crippen LogP contribution is 2.21. The molecule has 1 amide bonds. The lowest BCUT2D eigenvalue weighted by Gasteiger charge is -2.38. The Bertz CT molecular complexity index is 742. The van der Waals surface area contributed by atoms with E-state index >= 15 is 0 Å². The quantitative estimate of drug-likeness (QED) is 0.679. The molecule has 0 aliphatic carbocycles. The molecule has 2 fully saturated rings. The highest BCUT2D eigenvalue weighted by atomic mass is 32.2. The molecule has 27 heavy (non-hydrogen) atoms. The zero-order valence-electron chi connectivity index (χ0n) is 16.4. The average molecular weight is 398 g/mol. The van der Waals surface area contributed by atoms with E-state index in [0.29, 0.717) is 25.3 Å². The molecular formula is C18H31N5O3S. The molecule has 8 nitrogen and oxygen atoms in total. The van der Waals surface area contributed by atoms with Gasteiger partial charge < -0.3 is 14.4 Å². The minimum Gasteiger partial charge on any atom is -0.336 e. The molecule has 1 unspecified atom stereocenters. The van der Waals surface area contributed by atoms with Crippen molar-refractivity contribution in [3.8, 4) is 0 Å². The minimum absolute atomic E-state index is 0.0785. The Morgan fingerprint density at radius 1 is 1.26 bits per heavy atom. The largest absolute Gasteiger partial charge is 0.336 e. The van der Waals surface area contributed by atoms with Gasteiger partial charge in [-0.25, -0.2) is 13.4 Å². The second kappa shape index (κ2) is 8.70. The molecule has 1 aromatic heterocycles. The van der Waals surface area contributed by atoms with Gasteiger partial charge in [-0.1, -0.05) is 0 Å². The van der Waals surface area contributed by atoms with Crippen LogP contribution in [0.5, 0.6) is 0 Å². The van der Waals surface area contributed by atoms with Crippen molar-refractivity contribution in [2.45, 2.75) is 38.1 Å². The third kappa shape index (κ3) is 5.08. The summed E-state index contributed by atoms with van der Waals surface area (Å²) in [6.45, 7) is 4.81. The lowest BCUT2D eigenvalue weighted by atomic mass is 10.1. The smallest absolute Gasteiger partial charge is 0.272 e. The van der Waals surface area contributed by atoms with Crippen LogP contribution in [0.15, 0.2) is 12.5 Å². The van der Waals surface area contributed by atoms with E-state index in [-0.39, 0.29) is 11.9 Å². The van der Waals surface area contributed by atoms with Gasteiger partial charge in [0.1, 0.15) is 5.69 Å². The van der Waals surface area contributed by atoms with Crippen LogP contribution >= 0.6 is 0 Å². The maximum atomic E-state index is 12.8. The Morgan fingerprint density at radius 3 is 2.63 bits per heavy atom. The van der Waals surface area contributed by atoms with Gasteiger partial charge in [0.2, 0.25) is 10.0 Å². The van der Waals surface area contributed by atoms with E-state index in [4.69, 9.17) is 0 Å². The summed E-state index contributed by atoms with van der Waals surface area (Å²) < 4.78 is 28.1. The summed E-state index contributed by atoms with van der Waals surface area (Å²) in [6.07, 6.45) is 9.38. The van der Waals surface area contributed by atoms with Crippen LogP contribution < -0.4 is 0 Å². The summed E-state index contributed by atoms with van der Waals surface area (Å²) in [5.74, 6) is -0.0785. The van der Waals surface area contributed by atoms with Gasteiger partial charge in [-0.2, -0.15) is 4.31 Å². The second-order valence-corrected chi connectivity index (χ2v) is 9.65. The second-order valence-electron chi connectivity index (χ2n) is 7.71. The van der Waals surface area contributed by atoms with Crippen LogP contribution in [0.4, 0.5) is 0 Å². The number of aromatic nitrogens is 2. The zero-order chi connectivity index (χ0) is 19.4. The topological polar surface area (TPSA) is 78.8 Å². The molecule has 2 aliphatic heterocycles. The first-order chi connectivity index (χ1) is 12.9. The van der Waals surface area contributed by atoms with Crippen molar-refractivity contribution in [2.24, 2.45) is 7.05 Å². The van der Waals surface area contributed by atoms with E-state index in [2.05, 4.69) is 9.88 Å². The molecule has 0 spiro atoms. The number of piperidine rings is 1. The minimum atomic E-state index is -3.31. The predicted octanol–water partition coefficient (Wildman–Crippen LogP) is 0.772. The van der Waals surface area contributed by atoms with Crippen molar-refractivity contribution in [3.63, 3.8) is 0 Å². The molecule has 3 heterocycles. The highest BCUT2D eigenvalue weighted by Gasteiger charge is 2.33. The predicted molar refractivity (Wildman–Crippen MR) is 104 cm³/mol. The molecule has 1 atom stereocenters. The normalized spacial score (nSPS) is 21.9. The van der Waals surface area contributed by atoms with E-state index in [1.807, 2.05) is 0 Å². The standard InChI is InChI=1S/C18H31N5O3S/c1-20-15-19-13-17(20)18(24)22-11-5-7-16(14-22)23(27(2,25)26)12-6-10-21-8-3-4-9-21/h13,15-16H,3-12,14H2,1-2H3. The van der Waals surface area contributed by atoms with E-state index in [9.17, 15) is 13.2 Å². The Balaban J connectivity index is 1.63. The number of rotatable bonds is 7. The summed E-state index contributed by atoms with van der Waals surface area (Å²) >= 11 is 0. The number of likely N-dealkylation sites (tertiary alicyclic amines) is 2. The fraction of sp³-hybridized carbons (Fsp3) is 0.778. The van der Waals surface area contributed by atoms with Gasteiger partial charge in [0.05, 0.1) is 18.8 Å². The fourth-order valence-corrected chi connectivity index (χ4v) is 5.35. The molecule has 2 saturated heterocycles. The molecule has 152 valence electrons. The van der Waals surface area contributed by atoms with Gasteiger partial charge >= 0.3 is 0 Å². The third-order valence-corrected chi connectivity index (χ3v) is 6.94. The van der Waals surface area contributed by atoms with E-state index in [0.717, 1.165) is 38.9 Å². The molecule has 0 saturated carbocycles. The first-order valence-electron chi connectivity index (χ1n) is 9.81. The highest BCUT2D eigenvalue weighted by molar-refractivity contribution is 7.88. The summed E-state index contributed by atoms with van der Waals surface area (Å²) in [7, 11) is -1.52. The van der Waals surface area contributed by atoms with Gasteiger partial charge in [0.15, 0.2) is 0 Å². The lowest BCUT2D eigenvalue weighted by Crippen LogP contribution is -2.52. The molecule has 0 aromatic carbocycles. The van der Waals surface area contributed by atoms with Crippen LogP contribution in [0.25, 0.3) is 0 Å². The maximum Gasteiger partial charge on any atom is 0.272 e. The first kappa shape index (κ1) is 20.3. The number of sulfonamides is 1. The molecule has 1 aromatic rings. The van der Waals surface area contributed by atoms with Crippen LogP contribution in [0.3, 0.4) is 0 Å². The summed E-state index contributed by atoms with van der Waals surface area (Å²) in [5.41, 5.74) is 0.538. The summed E-state index contributed by atoms with van der Waals surface area (Å²) in [6, 6.07) is -0.149. The van der Waals surface area contributed by atoms with Crippen LogP contribution in [0.2, 0.25) is 0 Å². The summed E-state index contributed by atoms with van der Waals surface area (Å²) in [5, 5.41) is 0. The SMILES string of the molecule is Cn1cncc1C(=O)N1CCCC(N(CCCN2CCCC2)S(C)(=O)=O)C1.